The molecule has 1 atom stereocenters. The summed E-state index contributed by atoms with van der Waals surface area (Å²) in [5, 5.41) is 0. The molecule has 0 saturated carbocycles. The normalized spacial score (nSPS) is 13.3. The second-order valence-corrected chi connectivity index (χ2v) is 6.19. The van der Waals surface area contributed by atoms with E-state index in [9.17, 15) is 4.39 Å². The summed E-state index contributed by atoms with van der Waals surface area (Å²) in [6.07, 6.45) is 0. The van der Waals surface area contributed by atoms with Gasteiger partial charge in [-0.2, -0.15) is 0 Å². The number of rotatable bonds is 2. The molecule has 0 saturated heterocycles. The van der Waals surface area contributed by atoms with Crippen LogP contribution in [0.15, 0.2) is 48.5 Å². The van der Waals surface area contributed by atoms with Gasteiger partial charge in [0.05, 0.1) is 0 Å². The first kappa shape index (κ1) is 13.8. The van der Waals surface area contributed by atoms with Gasteiger partial charge in [-0.1, -0.05) is 70.2 Å². The monoisotopic (exact) mass is 256 g/mol. The summed E-state index contributed by atoms with van der Waals surface area (Å²) >= 11 is 0. The molecule has 19 heavy (non-hydrogen) atoms. The molecular formula is C18H21F. The Labute approximate surface area is 115 Å². The van der Waals surface area contributed by atoms with Crippen LogP contribution in [0.4, 0.5) is 4.39 Å². The molecule has 100 valence electrons. The van der Waals surface area contributed by atoms with E-state index < -0.39 is 0 Å². The lowest BCUT2D eigenvalue weighted by atomic mass is 9.77. The highest BCUT2D eigenvalue weighted by molar-refractivity contribution is 5.64. The van der Waals surface area contributed by atoms with Gasteiger partial charge in [-0.05, 0) is 28.5 Å². The van der Waals surface area contributed by atoms with E-state index in [2.05, 4.69) is 27.7 Å². The van der Waals surface area contributed by atoms with Gasteiger partial charge in [0.15, 0.2) is 0 Å². The quantitative estimate of drug-likeness (QED) is 0.652. The Morgan fingerprint density at radius 1 is 0.947 bits per heavy atom. The maximum absolute atomic E-state index is 14.3. The summed E-state index contributed by atoms with van der Waals surface area (Å²) < 4.78 is 14.3. The van der Waals surface area contributed by atoms with Crippen LogP contribution in [0.1, 0.15) is 39.2 Å². The van der Waals surface area contributed by atoms with E-state index in [0.717, 1.165) is 11.1 Å². The first-order valence-corrected chi connectivity index (χ1v) is 6.74. The van der Waals surface area contributed by atoms with Gasteiger partial charge in [0.1, 0.15) is 5.82 Å². The molecule has 0 radical (unpaired) electrons. The van der Waals surface area contributed by atoms with Crippen molar-refractivity contribution < 1.29 is 4.39 Å². The van der Waals surface area contributed by atoms with Gasteiger partial charge in [-0.3, -0.25) is 0 Å². The molecule has 2 rings (SSSR count). The average Bonchev–Trinajstić information content (AvgIpc) is 2.37. The van der Waals surface area contributed by atoms with Crippen LogP contribution < -0.4 is 0 Å². The summed E-state index contributed by atoms with van der Waals surface area (Å²) in [6, 6.07) is 15.3. The highest BCUT2D eigenvalue weighted by Gasteiger charge is 2.22. The topological polar surface area (TPSA) is 0 Å². The van der Waals surface area contributed by atoms with Gasteiger partial charge >= 0.3 is 0 Å². The first-order chi connectivity index (χ1) is 8.89. The minimum Gasteiger partial charge on any atom is -0.206 e. The van der Waals surface area contributed by atoms with E-state index in [1.165, 1.54) is 0 Å². The first-order valence-electron chi connectivity index (χ1n) is 6.74. The van der Waals surface area contributed by atoms with Crippen LogP contribution in [0.25, 0.3) is 11.1 Å². The second-order valence-electron chi connectivity index (χ2n) is 6.19. The number of halogens is 1. The smallest absolute Gasteiger partial charge is 0.131 e. The van der Waals surface area contributed by atoms with Crippen molar-refractivity contribution in [2.45, 2.75) is 33.6 Å². The molecule has 0 nitrogen and oxygen atoms in total. The lowest BCUT2D eigenvalue weighted by Crippen LogP contribution is -2.15. The minimum absolute atomic E-state index is 0.139. The van der Waals surface area contributed by atoms with Gasteiger partial charge < -0.3 is 0 Å². The maximum Gasteiger partial charge on any atom is 0.131 e. The SMILES string of the molecule is C[C@H](c1ccc(-c2ccccc2)c(F)c1)C(C)(C)C. The fourth-order valence-electron chi connectivity index (χ4n) is 2.15. The van der Waals surface area contributed by atoms with Gasteiger partial charge in [0.2, 0.25) is 0 Å². The van der Waals surface area contributed by atoms with Crippen LogP contribution in [-0.4, -0.2) is 0 Å². The van der Waals surface area contributed by atoms with Crippen molar-refractivity contribution >= 4 is 0 Å². The molecule has 0 unspecified atom stereocenters. The van der Waals surface area contributed by atoms with E-state index >= 15 is 0 Å². The molecule has 0 amide bonds. The predicted molar refractivity (Wildman–Crippen MR) is 79.7 cm³/mol. The Bertz CT molecular complexity index is 550. The van der Waals surface area contributed by atoms with Crippen LogP contribution in [0.5, 0.6) is 0 Å². The Balaban J connectivity index is 2.38. The number of benzene rings is 2. The zero-order chi connectivity index (χ0) is 14.0. The summed E-state index contributed by atoms with van der Waals surface area (Å²) in [4.78, 5) is 0. The van der Waals surface area contributed by atoms with Crippen molar-refractivity contribution in [1.82, 2.24) is 0 Å². The molecule has 1 heteroatoms. The van der Waals surface area contributed by atoms with Crippen LogP contribution in [-0.2, 0) is 0 Å². The lowest BCUT2D eigenvalue weighted by Gasteiger charge is -2.27. The van der Waals surface area contributed by atoms with Crippen LogP contribution in [0.2, 0.25) is 0 Å². The highest BCUT2D eigenvalue weighted by Crippen LogP contribution is 2.36. The van der Waals surface area contributed by atoms with Crippen molar-refractivity contribution in [2.75, 3.05) is 0 Å². The summed E-state index contributed by atoms with van der Waals surface area (Å²) in [5.41, 5.74) is 2.80. The van der Waals surface area contributed by atoms with Crippen LogP contribution in [0.3, 0.4) is 0 Å². The molecule has 0 aromatic heterocycles. The van der Waals surface area contributed by atoms with Gasteiger partial charge in [0.25, 0.3) is 0 Å². The van der Waals surface area contributed by atoms with E-state index in [-0.39, 0.29) is 11.2 Å². The number of hydrogen-bond donors (Lipinski definition) is 0. The molecule has 0 aliphatic heterocycles. The van der Waals surface area contributed by atoms with Crippen LogP contribution in [0, 0.1) is 11.2 Å². The van der Waals surface area contributed by atoms with E-state index in [4.69, 9.17) is 0 Å². The zero-order valence-electron chi connectivity index (χ0n) is 12.1. The fraction of sp³-hybridized carbons (Fsp3) is 0.333. The van der Waals surface area contributed by atoms with Crippen LogP contribution >= 0.6 is 0 Å². The third-order valence-corrected chi connectivity index (χ3v) is 3.88. The average molecular weight is 256 g/mol. The summed E-state index contributed by atoms with van der Waals surface area (Å²) in [7, 11) is 0. The summed E-state index contributed by atoms with van der Waals surface area (Å²) in [5.74, 6) is 0.187. The third-order valence-electron chi connectivity index (χ3n) is 3.88. The molecule has 0 aliphatic rings. The Morgan fingerprint density at radius 2 is 1.58 bits per heavy atom. The van der Waals surface area contributed by atoms with Gasteiger partial charge in [-0.15, -0.1) is 0 Å². The van der Waals surface area contributed by atoms with Crippen molar-refractivity contribution in [3.05, 3.63) is 59.9 Å². The highest BCUT2D eigenvalue weighted by atomic mass is 19.1. The third kappa shape index (κ3) is 3.04. The summed E-state index contributed by atoms with van der Waals surface area (Å²) in [6.45, 7) is 8.69. The predicted octanol–water partition coefficient (Wildman–Crippen LogP) is 5.64. The van der Waals surface area contributed by atoms with E-state index in [0.29, 0.717) is 11.5 Å². The largest absolute Gasteiger partial charge is 0.206 e. The molecule has 0 aliphatic carbocycles. The number of hydrogen-bond acceptors (Lipinski definition) is 0. The molecule has 0 fully saturated rings. The molecule has 0 N–H and O–H groups in total. The van der Waals surface area contributed by atoms with Crippen molar-refractivity contribution in [3.63, 3.8) is 0 Å². The fourth-order valence-corrected chi connectivity index (χ4v) is 2.15. The van der Waals surface area contributed by atoms with Crippen molar-refractivity contribution in [1.29, 1.82) is 0 Å². The van der Waals surface area contributed by atoms with E-state index in [1.807, 2.05) is 42.5 Å². The maximum atomic E-state index is 14.3. The van der Waals surface area contributed by atoms with Crippen molar-refractivity contribution in [3.8, 4) is 11.1 Å². The Kier molecular flexibility index (Phi) is 3.75. The minimum atomic E-state index is -0.139. The molecule has 0 bridgehead atoms. The Hall–Kier alpha value is -1.63. The van der Waals surface area contributed by atoms with E-state index in [1.54, 1.807) is 6.07 Å². The van der Waals surface area contributed by atoms with Gasteiger partial charge in [0, 0.05) is 5.56 Å². The second kappa shape index (κ2) is 5.16. The molecule has 0 heterocycles. The van der Waals surface area contributed by atoms with Gasteiger partial charge in [-0.25, -0.2) is 4.39 Å². The van der Waals surface area contributed by atoms with Crippen molar-refractivity contribution in [2.24, 2.45) is 5.41 Å². The molecular weight excluding hydrogens is 235 g/mol. The Morgan fingerprint density at radius 3 is 2.11 bits per heavy atom. The zero-order valence-corrected chi connectivity index (χ0v) is 12.1. The molecule has 2 aromatic carbocycles. The molecule has 0 spiro atoms. The standard InChI is InChI=1S/C18H21F/c1-13(18(2,3)4)15-10-11-16(17(19)12-15)14-8-6-5-7-9-14/h5-13H,1-4H3/t13-/m1/s1. The lowest BCUT2D eigenvalue weighted by molar-refractivity contribution is 0.339. The molecule has 2 aromatic rings.